The van der Waals surface area contributed by atoms with E-state index in [2.05, 4.69) is 27.3 Å². The van der Waals surface area contributed by atoms with Crippen molar-refractivity contribution >= 4 is 22.8 Å². The highest BCUT2D eigenvalue weighted by atomic mass is 16.5. The second-order valence-corrected chi connectivity index (χ2v) is 8.58. The molecule has 0 aliphatic carbocycles. The largest absolute Gasteiger partial charge is 0.494 e. The van der Waals surface area contributed by atoms with Gasteiger partial charge in [0.1, 0.15) is 22.8 Å². The van der Waals surface area contributed by atoms with Crippen LogP contribution < -0.4 is 15.0 Å². The molecule has 0 bridgehead atoms. The topological polar surface area (TPSA) is 93.4 Å². The molecule has 3 heterocycles. The maximum absolute atomic E-state index is 12.4. The normalized spacial score (nSPS) is 13.9. The number of benzene rings is 1. The van der Waals surface area contributed by atoms with Gasteiger partial charge in [-0.2, -0.15) is 4.98 Å². The first kappa shape index (κ1) is 23.0. The third-order valence-electron chi connectivity index (χ3n) is 5.94. The molecule has 1 aromatic carbocycles. The summed E-state index contributed by atoms with van der Waals surface area (Å²) in [6, 6.07) is 7.86. The molecule has 1 N–H and O–H groups in total. The van der Waals surface area contributed by atoms with E-state index in [-0.39, 0.29) is 5.91 Å². The van der Waals surface area contributed by atoms with Gasteiger partial charge in [-0.3, -0.25) is 4.79 Å². The lowest BCUT2D eigenvalue weighted by atomic mass is 10.1. The van der Waals surface area contributed by atoms with Gasteiger partial charge >= 0.3 is 0 Å². The summed E-state index contributed by atoms with van der Waals surface area (Å²) in [7, 11) is 0. The third-order valence-corrected chi connectivity index (χ3v) is 5.94. The lowest BCUT2D eigenvalue weighted by Crippen LogP contribution is -2.30. The number of carbonyl (C=O) groups excluding carboxylic acids is 1. The van der Waals surface area contributed by atoms with Crippen molar-refractivity contribution in [1.82, 2.24) is 20.4 Å². The van der Waals surface area contributed by atoms with E-state index in [0.29, 0.717) is 30.9 Å². The van der Waals surface area contributed by atoms with Crippen molar-refractivity contribution in [3.63, 3.8) is 0 Å². The molecule has 1 aliphatic rings. The predicted molar refractivity (Wildman–Crippen MR) is 127 cm³/mol. The summed E-state index contributed by atoms with van der Waals surface area (Å²) in [4.78, 5) is 24.1. The van der Waals surface area contributed by atoms with E-state index >= 15 is 0 Å². The lowest BCUT2D eigenvalue weighted by molar-refractivity contribution is -0.121. The van der Waals surface area contributed by atoms with Crippen LogP contribution in [0.1, 0.15) is 62.5 Å². The third kappa shape index (κ3) is 6.00. The van der Waals surface area contributed by atoms with Crippen LogP contribution in [0.5, 0.6) is 5.75 Å². The molecular formula is C25H33N5O3. The molecule has 1 saturated heterocycles. The van der Waals surface area contributed by atoms with Crippen LogP contribution in [0.2, 0.25) is 0 Å². The van der Waals surface area contributed by atoms with E-state index in [1.807, 2.05) is 31.2 Å². The number of carbonyl (C=O) groups is 1. The van der Waals surface area contributed by atoms with Gasteiger partial charge in [0, 0.05) is 32.5 Å². The van der Waals surface area contributed by atoms with Gasteiger partial charge in [-0.05, 0) is 50.3 Å². The fourth-order valence-electron chi connectivity index (χ4n) is 4.01. The van der Waals surface area contributed by atoms with Crippen molar-refractivity contribution in [2.75, 3.05) is 24.6 Å². The van der Waals surface area contributed by atoms with Crippen LogP contribution in [-0.4, -0.2) is 40.7 Å². The molecular weight excluding hydrogens is 418 g/mol. The fourth-order valence-corrected chi connectivity index (χ4v) is 4.01. The summed E-state index contributed by atoms with van der Waals surface area (Å²) in [5.41, 5.74) is 2.34. The Kier molecular flexibility index (Phi) is 7.75. The molecule has 33 heavy (non-hydrogen) atoms. The molecule has 8 nitrogen and oxygen atoms in total. The van der Waals surface area contributed by atoms with E-state index in [1.165, 1.54) is 6.42 Å². The predicted octanol–water partition coefficient (Wildman–Crippen LogP) is 4.34. The Morgan fingerprint density at radius 2 is 1.94 bits per heavy atom. The number of nitrogens with one attached hydrogen (secondary N) is 1. The molecule has 1 amide bonds. The summed E-state index contributed by atoms with van der Waals surface area (Å²) in [5, 5.41) is 7.95. The van der Waals surface area contributed by atoms with Crippen LogP contribution in [0, 0.1) is 6.92 Å². The molecule has 1 aliphatic heterocycles. The summed E-state index contributed by atoms with van der Waals surface area (Å²) in [5.74, 6) is 2.33. The number of hydrogen-bond donors (Lipinski definition) is 1. The average Bonchev–Trinajstić information content (AvgIpc) is 3.23. The zero-order valence-electron chi connectivity index (χ0n) is 19.6. The van der Waals surface area contributed by atoms with Gasteiger partial charge in [0.05, 0.1) is 12.3 Å². The molecule has 2 aromatic heterocycles. The van der Waals surface area contributed by atoms with E-state index in [4.69, 9.17) is 14.2 Å². The average molecular weight is 452 g/mol. The minimum absolute atomic E-state index is 0.0322. The Bertz CT molecular complexity index is 1060. The quantitative estimate of drug-likeness (QED) is 0.458. The van der Waals surface area contributed by atoms with Crippen LogP contribution in [-0.2, 0) is 17.8 Å². The molecule has 8 heteroatoms. The monoisotopic (exact) mass is 451 g/mol. The molecule has 0 saturated carbocycles. The van der Waals surface area contributed by atoms with Gasteiger partial charge in [-0.25, -0.2) is 4.98 Å². The number of ether oxygens (including phenoxy) is 1. The van der Waals surface area contributed by atoms with E-state index in [1.54, 1.807) is 0 Å². The van der Waals surface area contributed by atoms with Crippen molar-refractivity contribution in [3.8, 4) is 5.75 Å². The Morgan fingerprint density at radius 3 is 2.70 bits per heavy atom. The Balaban J connectivity index is 1.33. The van der Waals surface area contributed by atoms with Crippen molar-refractivity contribution in [2.45, 2.75) is 65.3 Å². The van der Waals surface area contributed by atoms with Gasteiger partial charge in [0.2, 0.25) is 5.91 Å². The van der Waals surface area contributed by atoms with Gasteiger partial charge < -0.3 is 19.5 Å². The van der Waals surface area contributed by atoms with Crippen LogP contribution in [0.25, 0.3) is 11.1 Å². The van der Waals surface area contributed by atoms with Crippen LogP contribution >= 0.6 is 0 Å². The number of unbranched alkanes of at least 4 members (excludes halogenated alkanes) is 1. The number of anilines is 1. The molecule has 0 spiro atoms. The van der Waals surface area contributed by atoms with Crippen molar-refractivity contribution in [2.24, 2.45) is 0 Å². The first-order valence-corrected chi connectivity index (χ1v) is 12.0. The van der Waals surface area contributed by atoms with Crippen molar-refractivity contribution in [1.29, 1.82) is 0 Å². The number of rotatable bonds is 10. The highest BCUT2D eigenvalue weighted by Crippen LogP contribution is 2.29. The van der Waals surface area contributed by atoms with Crippen molar-refractivity contribution < 1.29 is 14.1 Å². The van der Waals surface area contributed by atoms with E-state index < -0.39 is 0 Å². The molecule has 0 radical (unpaired) electrons. The Morgan fingerprint density at radius 1 is 1.15 bits per heavy atom. The van der Waals surface area contributed by atoms with Gasteiger partial charge in [0.25, 0.3) is 5.71 Å². The van der Waals surface area contributed by atoms with Gasteiger partial charge in [-0.15, -0.1) is 0 Å². The number of piperidine rings is 1. The number of aromatic nitrogens is 3. The first-order valence-electron chi connectivity index (χ1n) is 12.0. The molecule has 176 valence electrons. The number of fused-ring (bicyclic) bond motifs is 1. The highest BCUT2D eigenvalue weighted by molar-refractivity contribution is 5.88. The minimum atomic E-state index is -0.0322. The van der Waals surface area contributed by atoms with Crippen LogP contribution in [0.3, 0.4) is 0 Å². The summed E-state index contributed by atoms with van der Waals surface area (Å²) < 4.78 is 11.1. The maximum atomic E-state index is 12.4. The second-order valence-electron chi connectivity index (χ2n) is 8.58. The standard InChI is InChI=1S/C25H33N5O3/c1-3-4-16-32-20-10-8-19(9-11-20)17-26-22(31)13-12-21-27-24(30-14-6-5-7-15-30)23-18(2)29-33-25(23)28-21/h8-11H,3-7,12-17H2,1-2H3,(H,26,31). The Labute approximate surface area is 194 Å². The lowest BCUT2D eigenvalue weighted by Gasteiger charge is -2.28. The van der Waals surface area contributed by atoms with Crippen LogP contribution in [0.15, 0.2) is 28.8 Å². The molecule has 4 rings (SSSR count). The minimum Gasteiger partial charge on any atom is -0.494 e. The Hall–Kier alpha value is -3.16. The summed E-state index contributed by atoms with van der Waals surface area (Å²) >= 11 is 0. The smallest absolute Gasteiger partial charge is 0.263 e. The number of hydrogen-bond acceptors (Lipinski definition) is 7. The number of aryl methyl sites for hydroxylation is 2. The molecule has 0 unspecified atom stereocenters. The molecule has 0 atom stereocenters. The first-order chi connectivity index (χ1) is 16.1. The van der Waals surface area contributed by atoms with E-state index in [9.17, 15) is 4.79 Å². The maximum Gasteiger partial charge on any atom is 0.263 e. The van der Waals surface area contributed by atoms with Gasteiger partial charge in [0.15, 0.2) is 0 Å². The number of nitrogens with zero attached hydrogens (tertiary/aromatic N) is 4. The van der Waals surface area contributed by atoms with Crippen LogP contribution in [0.4, 0.5) is 5.82 Å². The van der Waals surface area contributed by atoms with Crippen molar-refractivity contribution in [3.05, 3.63) is 41.3 Å². The molecule has 3 aromatic rings. The fraction of sp³-hybridized carbons (Fsp3) is 0.520. The second kappa shape index (κ2) is 11.1. The number of amides is 1. The zero-order chi connectivity index (χ0) is 23.0. The molecule has 1 fully saturated rings. The highest BCUT2D eigenvalue weighted by Gasteiger charge is 2.21. The van der Waals surface area contributed by atoms with Gasteiger partial charge in [-0.1, -0.05) is 30.6 Å². The van der Waals surface area contributed by atoms with E-state index in [0.717, 1.165) is 73.6 Å². The zero-order valence-corrected chi connectivity index (χ0v) is 19.6. The summed E-state index contributed by atoms with van der Waals surface area (Å²) in [6.45, 7) is 7.21. The summed E-state index contributed by atoms with van der Waals surface area (Å²) in [6.07, 6.45) is 6.47. The SMILES string of the molecule is CCCCOc1ccc(CNC(=O)CCc2nc(N3CCCCC3)c3c(C)noc3n2)cc1.